The summed E-state index contributed by atoms with van der Waals surface area (Å²) in [7, 11) is 0. The molecule has 1 rings (SSSR count). The third kappa shape index (κ3) is 9.88. The highest BCUT2D eigenvalue weighted by atomic mass is 19.4. The van der Waals surface area contributed by atoms with E-state index >= 15 is 0 Å². The van der Waals surface area contributed by atoms with E-state index < -0.39 is 25.3 Å². The second kappa shape index (κ2) is 10.2. The van der Waals surface area contributed by atoms with E-state index in [1.54, 1.807) is 18.2 Å². The van der Waals surface area contributed by atoms with Crippen LogP contribution in [0.25, 0.3) is 0 Å². The van der Waals surface area contributed by atoms with Crippen molar-refractivity contribution >= 4 is 11.6 Å². The zero-order valence-electron chi connectivity index (χ0n) is 12.8. The minimum absolute atomic E-state index is 0.349. The summed E-state index contributed by atoms with van der Waals surface area (Å²) in [6, 6.07) is 6.84. The first-order valence-corrected chi connectivity index (χ1v) is 7.09. The molecule has 0 aliphatic rings. The maximum absolute atomic E-state index is 11.9. The van der Waals surface area contributed by atoms with Crippen LogP contribution in [0.2, 0.25) is 0 Å². The smallest absolute Gasteiger partial charge is 0.379 e. The van der Waals surface area contributed by atoms with Gasteiger partial charge in [-0.05, 0) is 24.6 Å². The van der Waals surface area contributed by atoms with Crippen LogP contribution in [0.15, 0.2) is 24.3 Å². The summed E-state index contributed by atoms with van der Waals surface area (Å²) in [4.78, 5) is 11.5. The molecule has 0 heterocycles. The molecule has 0 spiro atoms. The molecule has 0 atom stereocenters. The summed E-state index contributed by atoms with van der Waals surface area (Å²) < 4.78 is 50.5. The number of carbonyl (C=O) groups is 1. The van der Waals surface area contributed by atoms with Crippen LogP contribution in [-0.4, -0.2) is 45.1 Å². The number of carbonyl (C=O) groups excluding carboxylic acids is 1. The molecular weight excluding hydrogens is 315 g/mol. The molecule has 8 heteroatoms. The van der Waals surface area contributed by atoms with Gasteiger partial charge in [0.25, 0.3) is 0 Å². The largest absolute Gasteiger partial charge is 0.411 e. The Kier molecular flexibility index (Phi) is 8.60. The minimum atomic E-state index is -4.45. The summed E-state index contributed by atoms with van der Waals surface area (Å²) in [6.45, 7) is 1.72. The molecule has 130 valence electrons. The molecule has 23 heavy (non-hydrogen) atoms. The number of anilines is 1. The molecule has 1 aromatic carbocycles. The maximum Gasteiger partial charge on any atom is 0.411 e. The first-order chi connectivity index (χ1) is 10.9. The van der Waals surface area contributed by atoms with Crippen molar-refractivity contribution in [3.8, 4) is 0 Å². The van der Waals surface area contributed by atoms with Gasteiger partial charge in [0, 0.05) is 12.3 Å². The van der Waals surface area contributed by atoms with Gasteiger partial charge in [0.2, 0.25) is 5.91 Å². The zero-order chi connectivity index (χ0) is 17.1. The normalized spacial score (nSPS) is 11.5. The SMILES string of the molecule is CCOCCOCc1cccc(NC(=O)COCC(F)(F)F)c1. The first kappa shape index (κ1) is 19.4. The van der Waals surface area contributed by atoms with Crippen molar-refractivity contribution in [3.63, 3.8) is 0 Å². The van der Waals surface area contributed by atoms with E-state index in [4.69, 9.17) is 9.47 Å². The van der Waals surface area contributed by atoms with Crippen molar-refractivity contribution in [2.24, 2.45) is 0 Å². The molecule has 1 amide bonds. The highest BCUT2D eigenvalue weighted by molar-refractivity contribution is 5.91. The summed E-state index contributed by atoms with van der Waals surface area (Å²) in [6.07, 6.45) is -4.45. The predicted molar refractivity (Wildman–Crippen MR) is 78.1 cm³/mol. The maximum atomic E-state index is 11.9. The standard InChI is InChI=1S/C15H20F3NO4/c1-2-21-6-7-22-9-12-4-3-5-13(8-12)19-14(20)10-23-11-15(16,17)18/h3-5,8H,2,6-7,9-11H2,1H3,(H,19,20). The molecule has 1 aromatic rings. The lowest BCUT2D eigenvalue weighted by Crippen LogP contribution is -2.24. The lowest BCUT2D eigenvalue weighted by Gasteiger charge is -2.10. The van der Waals surface area contributed by atoms with E-state index in [1.165, 1.54) is 0 Å². The van der Waals surface area contributed by atoms with Gasteiger partial charge >= 0.3 is 6.18 Å². The van der Waals surface area contributed by atoms with Gasteiger partial charge in [-0.25, -0.2) is 0 Å². The molecule has 0 saturated carbocycles. The average molecular weight is 335 g/mol. The van der Waals surface area contributed by atoms with Gasteiger partial charge in [-0.2, -0.15) is 13.2 Å². The van der Waals surface area contributed by atoms with E-state index in [1.807, 2.05) is 13.0 Å². The van der Waals surface area contributed by atoms with E-state index in [0.717, 1.165) is 5.56 Å². The monoisotopic (exact) mass is 335 g/mol. The van der Waals surface area contributed by atoms with Crippen molar-refractivity contribution in [2.45, 2.75) is 19.7 Å². The number of ether oxygens (including phenoxy) is 3. The van der Waals surface area contributed by atoms with Crippen LogP contribution < -0.4 is 5.32 Å². The Bertz CT molecular complexity index is 480. The molecule has 0 unspecified atom stereocenters. The molecule has 0 aliphatic heterocycles. The number of halogens is 3. The van der Waals surface area contributed by atoms with E-state index in [0.29, 0.717) is 32.1 Å². The first-order valence-electron chi connectivity index (χ1n) is 7.09. The van der Waals surface area contributed by atoms with Crippen molar-refractivity contribution in [3.05, 3.63) is 29.8 Å². The molecule has 0 aliphatic carbocycles. The average Bonchev–Trinajstić information content (AvgIpc) is 2.46. The van der Waals surface area contributed by atoms with Gasteiger partial charge in [-0.3, -0.25) is 4.79 Å². The number of alkyl halides is 3. The topological polar surface area (TPSA) is 56.8 Å². The molecule has 0 fully saturated rings. The fourth-order valence-corrected chi connectivity index (χ4v) is 1.65. The predicted octanol–water partition coefficient (Wildman–Crippen LogP) is 2.76. The van der Waals surface area contributed by atoms with Gasteiger partial charge in [-0.1, -0.05) is 12.1 Å². The quantitative estimate of drug-likeness (QED) is 0.668. The number of amides is 1. The van der Waals surface area contributed by atoms with Crippen LogP contribution in [0.3, 0.4) is 0 Å². The highest BCUT2D eigenvalue weighted by Crippen LogP contribution is 2.15. The molecule has 0 bridgehead atoms. The molecular formula is C15H20F3NO4. The van der Waals surface area contributed by atoms with E-state index in [2.05, 4.69) is 10.1 Å². The third-order valence-electron chi connectivity index (χ3n) is 2.55. The Morgan fingerprint density at radius 1 is 1.17 bits per heavy atom. The van der Waals surface area contributed by atoms with Gasteiger partial charge in [0.1, 0.15) is 13.2 Å². The summed E-state index contributed by atoms with van der Waals surface area (Å²) in [5.41, 5.74) is 1.30. The molecule has 0 radical (unpaired) electrons. The van der Waals surface area contributed by atoms with Gasteiger partial charge in [-0.15, -0.1) is 0 Å². The molecule has 0 saturated heterocycles. The lowest BCUT2D eigenvalue weighted by molar-refractivity contribution is -0.174. The number of hydrogen-bond acceptors (Lipinski definition) is 4. The second-order valence-electron chi connectivity index (χ2n) is 4.61. The van der Waals surface area contributed by atoms with Crippen molar-refractivity contribution in [1.82, 2.24) is 0 Å². The number of nitrogens with one attached hydrogen (secondary N) is 1. The van der Waals surface area contributed by atoms with Crippen LogP contribution >= 0.6 is 0 Å². The Morgan fingerprint density at radius 3 is 2.61 bits per heavy atom. The van der Waals surface area contributed by atoms with Crippen molar-refractivity contribution in [2.75, 3.05) is 38.4 Å². The Morgan fingerprint density at radius 2 is 1.91 bits per heavy atom. The number of hydrogen-bond donors (Lipinski definition) is 1. The van der Waals surface area contributed by atoms with E-state index in [9.17, 15) is 18.0 Å². The van der Waals surface area contributed by atoms with Crippen molar-refractivity contribution in [1.29, 1.82) is 0 Å². The Balaban J connectivity index is 2.33. The number of benzene rings is 1. The fourth-order valence-electron chi connectivity index (χ4n) is 1.65. The minimum Gasteiger partial charge on any atom is -0.379 e. The lowest BCUT2D eigenvalue weighted by atomic mass is 10.2. The molecule has 1 N–H and O–H groups in total. The number of rotatable bonds is 10. The van der Waals surface area contributed by atoms with Crippen LogP contribution in [0.5, 0.6) is 0 Å². The van der Waals surface area contributed by atoms with Crippen LogP contribution in [-0.2, 0) is 25.6 Å². The van der Waals surface area contributed by atoms with Crippen LogP contribution in [0.1, 0.15) is 12.5 Å². The van der Waals surface area contributed by atoms with Gasteiger partial charge < -0.3 is 19.5 Å². The van der Waals surface area contributed by atoms with Crippen LogP contribution in [0, 0.1) is 0 Å². The van der Waals surface area contributed by atoms with Crippen molar-refractivity contribution < 1.29 is 32.2 Å². The Labute approximate surface area is 132 Å². The Hall–Kier alpha value is -1.64. The van der Waals surface area contributed by atoms with E-state index in [-0.39, 0.29) is 0 Å². The highest BCUT2D eigenvalue weighted by Gasteiger charge is 2.27. The third-order valence-corrected chi connectivity index (χ3v) is 2.55. The fraction of sp³-hybridized carbons (Fsp3) is 0.533. The molecule has 0 aromatic heterocycles. The second-order valence-corrected chi connectivity index (χ2v) is 4.61. The summed E-state index contributed by atoms with van der Waals surface area (Å²) in [5, 5.41) is 2.47. The summed E-state index contributed by atoms with van der Waals surface area (Å²) >= 11 is 0. The zero-order valence-corrected chi connectivity index (χ0v) is 12.8. The molecule has 5 nitrogen and oxygen atoms in total. The van der Waals surface area contributed by atoms with Crippen LogP contribution in [0.4, 0.5) is 18.9 Å². The van der Waals surface area contributed by atoms with Gasteiger partial charge in [0.15, 0.2) is 0 Å². The summed E-state index contributed by atoms with van der Waals surface area (Å²) in [5.74, 6) is -0.649. The van der Waals surface area contributed by atoms with Gasteiger partial charge in [0.05, 0.1) is 19.8 Å².